The van der Waals surface area contributed by atoms with E-state index in [2.05, 4.69) is 5.32 Å². The molecule has 144 valence electrons. The van der Waals surface area contributed by atoms with Gasteiger partial charge in [0.2, 0.25) is 0 Å². The Bertz CT molecular complexity index is 828. The van der Waals surface area contributed by atoms with E-state index >= 15 is 0 Å². The molecule has 0 bridgehead atoms. The fourth-order valence-corrected chi connectivity index (χ4v) is 4.30. The zero-order valence-electron chi connectivity index (χ0n) is 15.9. The second-order valence-electron chi connectivity index (χ2n) is 6.14. The first kappa shape index (κ1) is 19.2. The molecule has 1 aliphatic rings. The first-order valence-corrected chi connectivity index (χ1v) is 9.68. The minimum absolute atomic E-state index is 0.0663. The monoisotopic (exact) mass is 388 g/mol. The Kier molecular flexibility index (Phi) is 6.01. The van der Waals surface area contributed by atoms with Gasteiger partial charge in [-0.05, 0) is 48.4 Å². The molecule has 0 aromatic heterocycles. The molecule has 2 aromatic rings. The summed E-state index contributed by atoms with van der Waals surface area (Å²) in [6.07, 6.45) is 0. The van der Waals surface area contributed by atoms with Crippen molar-refractivity contribution in [2.24, 2.45) is 0 Å². The number of aryl methyl sites for hydroxylation is 1. The van der Waals surface area contributed by atoms with E-state index in [1.54, 1.807) is 33.1 Å². The van der Waals surface area contributed by atoms with Gasteiger partial charge >= 0.3 is 6.03 Å². The van der Waals surface area contributed by atoms with Crippen molar-refractivity contribution < 1.29 is 19.0 Å². The molecule has 1 fully saturated rings. The van der Waals surface area contributed by atoms with Crippen LogP contribution in [0.4, 0.5) is 10.5 Å². The molecule has 3 rings (SSSR count). The lowest BCUT2D eigenvalue weighted by Crippen LogP contribution is -2.34. The predicted octanol–water partition coefficient (Wildman–Crippen LogP) is 4.30. The van der Waals surface area contributed by atoms with Gasteiger partial charge in [-0.25, -0.2) is 4.79 Å². The van der Waals surface area contributed by atoms with Crippen molar-refractivity contribution in [2.75, 3.05) is 38.9 Å². The number of thioether (sulfide) groups is 1. The van der Waals surface area contributed by atoms with Gasteiger partial charge in [0.25, 0.3) is 0 Å². The van der Waals surface area contributed by atoms with Crippen LogP contribution >= 0.6 is 11.8 Å². The van der Waals surface area contributed by atoms with Crippen molar-refractivity contribution in [1.29, 1.82) is 0 Å². The molecule has 0 radical (unpaired) electrons. The van der Waals surface area contributed by atoms with Crippen molar-refractivity contribution >= 4 is 23.5 Å². The van der Waals surface area contributed by atoms with Crippen LogP contribution < -0.4 is 19.5 Å². The molecule has 1 unspecified atom stereocenters. The fourth-order valence-electron chi connectivity index (χ4n) is 3.05. The molecule has 7 heteroatoms. The normalized spacial score (nSPS) is 16.1. The van der Waals surface area contributed by atoms with E-state index in [0.717, 1.165) is 28.3 Å². The summed E-state index contributed by atoms with van der Waals surface area (Å²) in [6.45, 7) is 2.63. The Morgan fingerprint density at radius 2 is 1.85 bits per heavy atom. The Balaban J connectivity index is 1.79. The largest absolute Gasteiger partial charge is 0.497 e. The number of rotatable bonds is 5. The SMILES string of the molecule is COc1ccc(NC(=O)N2CCSC2c2ccc(OC)c(OC)c2)c(C)c1. The highest BCUT2D eigenvalue weighted by Gasteiger charge is 2.31. The van der Waals surface area contributed by atoms with Crippen molar-refractivity contribution in [3.63, 3.8) is 0 Å². The quantitative estimate of drug-likeness (QED) is 0.827. The summed E-state index contributed by atoms with van der Waals surface area (Å²) in [6, 6.07) is 11.3. The molecule has 1 heterocycles. The van der Waals surface area contributed by atoms with Gasteiger partial charge in [-0.2, -0.15) is 0 Å². The number of nitrogens with one attached hydrogen (secondary N) is 1. The van der Waals surface area contributed by atoms with Gasteiger partial charge in [0.15, 0.2) is 11.5 Å². The smallest absolute Gasteiger partial charge is 0.323 e. The topological polar surface area (TPSA) is 60.0 Å². The Morgan fingerprint density at radius 3 is 2.52 bits per heavy atom. The number of urea groups is 1. The number of amides is 2. The number of nitrogens with zero attached hydrogens (tertiary/aromatic N) is 1. The van der Waals surface area contributed by atoms with Crippen LogP contribution in [0, 0.1) is 6.92 Å². The number of anilines is 1. The van der Waals surface area contributed by atoms with Crippen LogP contribution in [-0.2, 0) is 0 Å². The minimum atomic E-state index is -0.118. The van der Waals surface area contributed by atoms with Gasteiger partial charge in [0.1, 0.15) is 11.1 Å². The molecule has 27 heavy (non-hydrogen) atoms. The van der Waals surface area contributed by atoms with E-state index < -0.39 is 0 Å². The van der Waals surface area contributed by atoms with E-state index in [4.69, 9.17) is 14.2 Å². The molecule has 0 spiro atoms. The highest BCUT2D eigenvalue weighted by atomic mass is 32.2. The third-order valence-electron chi connectivity index (χ3n) is 4.52. The fraction of sp³-hybridized carbons (Fsp3) is 0.350. The highest BCUT2D eigenvalue weighted by Crippen LogP contribution is 2.41. The summed E-state index contributed by atoms with van der Waals surface area (Å²) in [5.41, 5.74) is 2.75. The maximum Gasteiger partial charge on any atom is 0.323 e. The molecule has 1 N–H and O–H groups in total. The first-order valence-electron chi connectivity index (χ1n) is 8.63. The molecule has 0 aliphatic carbocycles. The standard InChI is InChI=1S/C20H24N2O4S/c1-13-11-15(24-2)6-7-16(13)21-20(23)22-9-10-27-19(22)14-5-8-17(25-3)18(12-14)26-4/h5-8,11-12,19H,9-10H2,1-4H3,(H,21,23). The van der Waals surface area contributed by atoms with Crippen LogP contribution in [0.2, 0.25) is 0 Å². The van der Waals surface area contributed by atoms with E-state index in [1.165, 1.54) is 0 Å². The second-order valence-corrected chi connectivity index (χ2v) is 7.33. The maximum absolute atomic E-state index is 12.9. The molecular weight excluding hydrogens is 364 g/mol. The molecule has 6 nitrogen and oxygen atoms in total. The molecule has 2 aromatic carbocycles. The van der Waals surface area contributed by atoms with Crippen LogP contribution in [-0.4, -0.2) is 44.6 Å². The Morgan fingerprint density at radius 1 is 1.07 bits per heavy atom. The van der Waals surface area contributed by atoms with Gasteiger partial charge in [-0.1, -0.05) is 6.07 Å². The van der Waals surface area contributed by atoms with Gasteiger partial charge < -0.3 is 24.4 Å². The van der Waals surface area contributed by atoms with E-state index in [0.29, 0.717) is 18.0 Å². The van der Waals surface area contributed by atoms with Crippen molar-refractivity contribution in [3.05, 3.63) is 47.5 Å². The van der Waals surface area contributed by atoms with Gasteiger partial charge in [-0.3, -0.25) is 0 Å². The number of ether oxygens (including phenoxy) is 3. The summed E-state index contributed by atoms with van der Waals surface area (Å²) in [5, 5.41) is 2.95. The molecular formula is C20H24N2O4S. The summed E-state index contributed by atoms with van der Waals surface area (Å²) in [7, 11) is 4.85. The van der Waals surface area contributed by atoms with Crippen molar-refractivity contribution in [1.82, 2.24) is 4.90 Å². The third kappa shape index (κ3) is 4.08. The Labute approximate surface area is 163 Å². The van der Waals surface area contributed by atoms with Crippen LogP contribution in [0.3, 0.4) is 0 Å². The predicted molar refractivity (Wildman–Crippen MR) is 108 cm³/mol. The highest BCUT2D eigenvalue weighted by molar-refractivity contribution is 7.99. The zero-order valence-corrected chi connectivity index (χ0v) is 16.8. The molecule has 1 atom stereocenters. The van der Waals surface area contributed by atoms with Crippen LogP contribution in [0.1, 0.15) is 16.5 Å². The number of benzene rings is 2. The summed E-state index contributed by atoms with van der Waals surface area (Å²) in [4.78, 5) is 14.7. The third-order valence-corrected chi connectivity index (χ3v) is 5.78. The van der Waals surface area contributed by atoms with Gasteiger partial charge in [0.05, 0.1) is 21.3 Å². The Hall–Kier alpha value is -2.54. The van der Waals surface area contributed by atoms with Gasteiger partial charge in [0, 0.05) is 18.0 Å². The summed E-state index contributed by atoms with van der Waals surface area (Å²) >= 11 is 1.73. The lowest BCUT2D eigenvalue weighted by molar-refractivity contribution is 0.214. The molecule has 1 saturated heterocycles. The van der Waals surface area contributed by atoms with Crippen molar-refractivity contribution in [2.45, 2.75) is 12.3 Å². The number of hydrogen-bond acceptors (Lipinski definition) is 5. The maximum atomic E-state index is 12.9. The number of carbonyl (C=O) groups is 1. The van der Waals surface area contributed by atoms with Crippen LogP contribution in [0.5, 0.6) is 17.2 Å². The van der Waals surface area contributed by atoms with Crippen LogP contribution in [0.25, 0.3) is 0 Å². The van der Waals surface area contributed by atoms with Gasteiger partial charge in [-0.15, -0.1) is 11.8 Å². The number of methoxy groups -OCH3 is 3. The van der Waals surface area contributed by atoms with E-state index in [-0.39, 0.29) is 11.4 Å². The lowest BCUT2D eigenvalue weighted by Gasteiger charge is -2.25. The number of hydrogen-bond donors (Lipinski definition) is 1. The second kappa shape index (κ2) is 8.43. The van der Waals surface area contributed by atoms with E-state index in [9.17, 15) is 4.79 Å². The molecule has 2 amide bonds. The minimum Gasteiger partial charge on any atom is -0.497 e. The average Bonchev–Trinajstić information content (AvgIpc) is 3.18. The molecule has 0 saturated carbocycles. The van der Waals surface area contributed by atoms with Crippen molar-refractivity contribution in [3.8, 4) is 17.2 Å². The lowest BCUT2D eigenvalue weighted by atomic mass is 10.1. The summed E-state index contributed by atoms with van der Waals surface area (Å²) in [5.74, 6) is 2.99. The summed E-state index contributed by atoms with van der Waals surface area (Å²) < 4.78 is 15.9. The number of carbonyl (C=O) groups excluding carboxylic acids is 1. The zero-order chi connectivity index (χ0) is 19.4. The average molecular weight is 388 g/mol. The van der Waals surface area contributed by atoms with Crippen LogP contribution in [0.15, 0.2) is 36.4 Å². The first-order chi connectivity index (χ1) is 13.1. The van der Waals surface area contributed by atoms with E-state index in [1.807, 2.05) is 48.2 Å². The molecule has 1 aliphatic heterocycles.